The van der Waals surface area contributed by atoms with Crippen LogP contribution in [0.2, 0.25) is 0 Å². The van der Waals surface area contributed by atoms with Crippen LogP contribution in [-0.2, 0) is 20.4 Å². The highest BCUT2D eigenvalue weighted by Gasteiger charge is 2.22. The summed E-state index contributed by atoms with van der Waals surface area (Å²) in [6.45, 7) is 8.99. The van der Waals surface area contributed by atoms with E-state index >= 15 is 0 Å². The van der Waals surface area contributed by atoms with E-state index in [4.69, 9.17) is 0 Å². The zero-order valence-electron chi connectivity index (χ0n) is 11.3. The fourth-order valence-corrected chi connectivity index (χ4v) is 2.41. The number of hydrogen-bond donors (Lipinski definition) is 1. The van der Waals surface area contributed by atoms with Crippen molar-refractivity contribution in [3.05, 3.63) is 0 Å². The third kappa shape index (κ3) is 5.96. The summed E-state index contributed by atoms with van der Waals surface area (Å²) in [6, 6.07) is -0.476. The van der Waals surface area contributed by atoms with Gasteiger partial charge < -0.3 is 5.32 Å². The molecule has 0 spiro atoms. The molecular formula is C12H23NO3S. The van der Waals surface area contributed by atoms with Gasteiger partial charge in [-0.2, -0.15) is 0 Å². The van der Waals surface area contributed by atoms with Gasteiger partial charge in [0.15, 0.2) is 5.78 Å². The van der Waals surface area contributed by atoms with E-state index < -0.39 is 16.8 Å². The van der Waals surface area contributed by atoms with Crippen LogP contribution in [0.1, 0.15) is 41.0 Å². The minimum absolute atomic E-state index is 0.00979. The lowest BCUT2D eigenvalue weighted by Crippen LogP contribution is -2.45. The number of carbonyl (C=O) groups is 2. The Morgan fingerprint density at radius 1 is 1.24 bits per heavy atom. The van der Waals surface area contributed by atoms with Gasteiger partial charge in [-0.1, -0.05) is 27.7 Å². The van der Waals surface area contributed by atoms with E-state index in [2.05, 4.69) is 5.32 Å². The molecule has 0 rings (SSSR count). The monoisotopic (exact) mass is 261 g/mol. The van der Waals surface area contributed by atoms with Gasteiger partial charge in [-0.25, -0.2) is 0 Å². The van der Waals surface area contributed by atoms with Crippen LogP contribution in [0.25, 0.3) is 0 Å². The van der Waals surface area contributed by atoms with E-state index in [1.54, 1.807) is 0 Å². The van der Waals surface area contributed by atoms with Gasteiger partial charge in [0.05, 0.1) is 6.04 Å². The Morgan fingerprint density at radius 3 is 2.12 bits per heavy atom. The predicted octanol–water partition coefficient (Wildman–Crippen LogP) is 1.26. The summed E-state index contributed by atoms with van der Waals surface area (Å²) in [5.41, 5.74) is 0. The van der Waals surface area contributed by atoms with Gasteiger partial charge in [0, 0.05) is 16.0 Å². The van der Waals surface area contributed by atoms with Crippen molar-refractivity contribution in [2.75, 3.05) is 5.75 Å². The minimum atomic E-state index is -1.16. The lowest BCUT2D eigenvalue weighted by molar-refractivity contribution is -0.126. The van der Waals surface area contributed by atoms with Gasteiger partial charge in [0.2, 0.25) is 5.91 Å². The highest BCUT2D eigenvalue weighted by molar-refractivity contribution is 7.86. The molecule has 0 radical (unpaired) electrons. The van der Waals surface area contributed by atoms with Crippen molar-refractivity contribution in [3.8, 4) is 0 Å². The molecule has 0 saturated carbocycles. The van der Waals surface area contributed by atoms with Crippen molar-refractivity contribution in [2.45, 2.75) is 52.3 Å². The summed E-state index contributed by atoms with van der Waals surface area (Å²) in [5, 5.41) is 2.65. The Bertz CT molecular complexity index is 302. The van der Waals surface area contributed by atoms with Crippen LogP contribution < -0.4 is 5.32 Å². The van der Waals surface area contributed by atoms with Gasteiger partial charge in [0.1, 0.15) is 5.75 Å². The summed E-state index contributed by atoms with van der Waals surface area (Å²) >= 11 is 0. The summed E-state index contributed by atoms with van der Waals surface area (Å²) in [7, 11) is -1.16. The molecule has 0 heterocycles. The molecule has 0 aliphatic carbocycles. The van der Waals surface area contributed by atoms with Crippen LogP contribution in [0.3, 0.4) is 0 Å². The largest absolute Gasteiger partial charge is 0.345 e. The SMILES string of the molecule is CCC(C)S(=O)CC(=O)NC(C(C)=O)C(C)C. The molecule has 100 valence electrons. The Hall–Kier alpha value is -0.710. The molecule has 0 saturated heterocycles. The molecule has 0 aliphatic heterocycles. The Kier molecular flexibility index (Phi) is 7.27. The molecule has 0 aliphatic rings. The summed E-state index contributed by atoms with van der Waals surface area (Å²) in [5.74, 6) is -0.348. The van der Waals surface area contributed by atoms with Gasteiger partial charge in [0.25, 0.3) is 0 Å². The lowest BCUT2D eigenvalue weighted by Gasteiger charge is -2.19. The highest BCUT2D eigenvalue weighted by atomic mass is 32.2. The molecule has 1 N–H and O–H groups in total. The minimum Gasteiger partial charge on any atom is -0.345 e. The maximum atomic E-state index is 11.7. The van der Waals surface area contributed by atoms with E-state index in [0.29, 0.717) is 0 Å². The third-order valence-electron chi connectivity index (χ3n) is 2.72. The first-order chi connectivity index (χ1) is 7.79. The lowest BCUT2D eigenvalue weighted by atomic mass is 10.0. The van der Waals surface area contributed by atoms with E-state index in [9.17, 15) is 13.8 Å². The van der Waals surface area contributed by atoms with Gasteiger partial charge in [-0.05, 0) is 19.3 Å². The molecule has 3 atom stereocenters. The van der Waals surface area contributed by atoms with Crippen molar-refractivity contribution >= 4 is 22.5 Å². The Morgan fingerprint density at radius 2 is 1.76 bits per heavy atom. The number of hydrogen-bond acceptors (Lipinski definition) is 3. The zero-order valence-corrected chi connectivity index (χ0v) is 12.1. The normalized spacial score (nSPS) is 16.4. The van der Waals surface area contributed by atoms with Crippen LogP contribution in [0.5, 0.6) is 0 Å². The topological polar surface area (TPSA) is 63.2 Å². The van der Waals surface area contributed by atoms with Gasteiger partial charge >= 0.3 is 0 Å². The number of ketones is 1. The van der Waals surface area contributed by atoms with Crippen molar-refractivity contribution in [1.29, 1.82) is 0 Å². The summed E-state index contributed by atoms with van der Waals surface area (Å²) in [4.78, 5) is 22.9. The van der Waals surface area contributed by atoms with Crippen molar-refractivity contribution < 1.29 is 13.8 Å². The average Bonchev–Trinajstić information content (AvgIpc) is 2.23. The number of Topliss-reactive ketones (excluding diaryl/α,β-unsaturated/α-hetero) is 1. The second kappa shape index (κ2) is 7.58. The molecule has 0 aromatic heterocycles. The number of nitrogens with one attached hydrogen (secondary N) is 1. The smallest absolute Gasteiger partial charge is 0.233 e. The van der Waals surface area contributed by atoms with Gasteiger partial charge in [-0.15, -0.1) is 0 Å². The molecular weight excluding hydrogens is 238 g/mol. The Balaban J connectivity index is 4.34. The fourth-order valence-electron chi connectivity index (χ4n) is 1.41. The van der Waals surface area contributed by atoms with Crippen LogP contribution in [0.4, 0.5) is 0 Å². The quantitative estimate of drug-likeness (QED) is 0.750. The van der Waals surface area contributed by atoms with Crippen molar-refractivity contribution in [3.63, 3.8) is 0 Å². The van der Waals surface area contributed by atoms with E-state index in [1.165, 1.54) is 6.92 Å². The maximum Gasteiger partial charge on any atom is 0.233 e. The average molecular weight is 261 g/mol. The number of rotatable bonds is 7. The maximum absolute atomic E-state index is 11.7. The van der Waals surface area contributed by atoms with Crippen LogP contribution in [-0.4, -0.2) is 32.9 Å². The standard InChI is InChI=1S/C12H23NO3S/c1-6-9(4)17(16)7-11(15)13-12(8(2)3)10(5)14/h8-9,12H,6-7H2,1-5H3,(H,13,15). The third-order valence-corrected chi connectivity index (χ3v) is 4.50. The van der Waals surface area contributed by atoms with E-state index in [1.807, 2.05) is 27.7 Å². The van der Waals surface area contributed by atoms with Crippen molar-refractivity contribution in [2.24, 2.45) is 5.92 Å². The summed E-state index contributed by atoms with van der Waals surface area (Å²) < 4.78 is 11.7. The number of amides is 1. The highest BCUT2D eigenvalue weighted by Crippen LogP contribution is 2.04. The Labute approximate surface area is 106 Å². The molecule has 0 fully saturated rings. The second-order valence-electron chi connectivity index (χ2n) is 4.64. The molecule has 17 heavy (non-hydrogen) atoms. The molecule has 0 aromatic rings. The van der Waals surface area contributed by atoms with Crippen LogP contribution in [0, 0.1) is 5.92 Å². The number of carbonyl (C=O) groups excluding carboxylic acids is 2. The molecule has 5 heteroatoms. The van der Waals surface area contributed by atoms with Crippen LogP contribution >= 0.6 is 0 Å². The molecule has 0 aromatic carbocycles. The molecule has 1 amide bonds. The molecule has 4 nitrogen and oxygen atoms in total. The zero-order chi connectivity index (χ0) is 13.6. The second-order valence-corrected chi connectivity index (χ2v) is 6.50. The first-order valence-electron chi connectivity index (χ1n) is 5.96. The molecule has 3 unspecified atom stereocenters. The van der Waals surface area contributed by atoms with E-state index in [-0.39, 0.29) is 28.6 Å². The van der Waals surface area contributed by atoms with Gasteiger partial charge in [-0.3, -0.25) is 13.8 Å². The first-order valence-corrected chi connectivity index (χ1v) is 7.34. The van der Waals surface area contributed by atoms with Crippen molar-refractivity contribution in [1.82, 2.24) is 5.32 Å². The molecule has 0 bridgehead atoms. The first kappa shape index (κ1) is 16.3. The van der Waals surface area contributed by atoms with E-state index in [0.717, 1.165) is 6.42 Å². The van der Waals surface area contributed by atoms with Crippen LogP contribution in [0.15, 0.2) is 0 Å². The fraction of sp³-hybridized carbons (Fsp3) is 0.833. The predicted molar refractivity (Wildman–Crippen MR) is 70.2 cm³/mol. The summed E-state index contributed by atoms with van der Waals surface area (Å²) in [6.07, 6.45) is 0.778.